The molecule has 0 spiro atoms. The van der Waals surface area contributed by atoms with Gasteiger partial charge in [-0.1, -0.05) is 26.8 Å². The molecule has 2 aromatic heterocycles. The lowest BCUT2D eigenvalue weighted by Crippen LogP contribution is -2.41. The number of nitrogens with one attached hydrogen (secondary N) is 2. The zero-order valence-corrected chi connectivity index (χ0v) is 19.7. The minimum absolute atomic E-state index is 0.0374. The van der Waals surface area contributed by atoms with E-state index < -0.39 is 0 Å². The Hall–Kier alpha value is -3.09. The summed E-state index contributed by atoms with van der Waals surface area (Å²) in [5, 5.41) is 8.97. The van der Waals surface area contributed by atoms with Crippen LogP contribution >= 0.6 is 0 Å². The van der Waals surface area contributed by atoms with E-state index in [1.807, 2.05) is 25.1 Å². The van der Waals surface area contributed by atoms with Crippen LogP contribution in [0.3, 0.4) is 0 Å². The first-order valence-corrected chi connectivity index (χ1v) is 11.5. The third kappa shape index (κ3) is 4.16. The van der Waals surface area contributed by atoms with Crippen LogP contribution in [0.4, 0.5) is 5.69 Å². The number of aromatic amines is 2. The van der Waals surface area contributed by atoms with Gasteiger partial charge in [-0.25, -0.2) is 0 Å². The van der Waals surface area contributed by atoms with Gasteiger partial charge < -0.3 is 14.8 Å². The number of hydrogen-bond acceptors (Lipinski definition) is 3. The fourth-order valence-corrected chi connectivity index (χ4v) is 4.63. The molecule has 2 amide bonds. The lowest BCUT2D eigenvalue weighted by Gasteiger charge is -2.28. The van der Waals surface area contributed by atoms with Crippen LogP contribution in [-0.2, 0) is 22.4 Å². The van der Waals surface area contributed by atoms with Crippen LogP contribution in [0.15, 0.2) is 24.3 Å². The van der Waals surface area contributed by atoms with Crippen LogP contribution in [0.5, 0.6) is 0 Å². The Labute approximate surface area is 189 Å². The van der Waals surface area contributed by atoms with Crippen LogP contribution in [0.1, 0.15) is 51.8 Å². The number of H-pyrrole nitrogens is 2. The Morgan fingerprint density at radius 3 is 2.66 bits per heavy atom. The molecule has 0 saturated heterocycles. The van der Waals surface area contributed by atoms with Crippen LogP contribution in [-0.4, -0.2) is 52.0 Å². The fraction of sp³-hybridized carbons (Fsp3) is 0.480. The molecule has 1 aromatic carbocycles. The molecule has 0 atom stereocenters. The first-order chi connectivity index (χ1) is 15.2. The van der Waals surface area contributed by atoms with Gasteiger partial charge >= 0.3 is 0 Å². The van der Waals surface area contributed by atoms with Crippen LogP contribution in [0.2, 0.25) is 0 Å². The minimum atomic E-state index is -0.0908. The third-order valence-corrected chi connectivity index (χ3v) is 6.55. The normalized spacial score (nSPS) is 14.9. The van der Waals surface area contributed by atoms with Crippen molar-refractivity contribution in [3.63, 3.8) is 0 Å². The topological polar surface area (TPSA) is 85.1 Å². The summed E-state index contributed by atoms with van der Waals surface area (Å²) in [6.07, 6.45) is 3.58. The summed E-state index contributed by atoms with van der Waals surface area (Å²) in [6, 6.07) is 8.13. The number of fused-ring (bicyclic) bond motifs is 2. The minimum Gasteiger partial charge on any atom is -0.353 e. The average molecular weight is 436 g/mol. The number of amides is 2. The van der Waals surface area contributed by atoms with Crippen molar-refractivity contribution in [3.8, 4) is 11.4 Å². The smallest absolute Gasteiger partial charge is 0.246 e. The summed E-state index contributed by atoms with van der Waals surface area (Å²) < 4.78 is 0. The lowest BCUT2D eigenvalue weighted by molar-refractivity contribution is -0.133. The Bertz CT molecular complexity index is 1160. The summed E-state index contributed by atoms with van der Waals surface area (Å²) in [5.74, 6) is -0.128. The van der Waals surface area contributed by atoms with E-state index in [2.05, 4.69) is 35.1 Å². The Morgan fingerprint density at radius 2 is 1.94 bits per heavy atom. The van der Waals surface area contributed by atoms with Crippen molar-refractivity contribution in [2.24, 2.45) is 5.41 Å². The van der Waals surface area contributed by atoms with Crippen molar-refractivity contribution in [2.45, 2.75) is 53.4 Å². The van der Waals surface area contributed by atoms with Gasteiger partial charge in [-0.3, -0.25) is 14.7 Å². The first kappa shape index (κ1) is 22.1. The van der Waals surface area contributed by atoms with Gasteiger partial charge in [-0.15, -0.1) is 0 Å². The average Bonchev–Trinajstić information content (AvgIpc) is 3.35. The molecule has 4 rings (SSSR count). The van der Waals surface area contributed by atoms with E-state index in [0.717, 1.165) is 47.2 Å². The molecule has 7 heteroatoms. The van der Waals surface area contributed by atoms with E-state index >= 15 is 0 Å². The molecule has 2 heterocycles. The Balaban J connectivity index is 1.60. The number of benzene rings is 1. The van der Waals surface area contributed by atoms with E-state index in [4.69, 9.17) is 0 Å². The summed E-state index contributed by atoms with van der Waals surface area (Å²) in [6.45, 7) is 8.96. The fourth-order valence-electron chi connectivity index (χ4n) is 4.63. The molecule has 32 heavy (non-hydrogen) atoms. The van der Waals surface area contributed by atoms with Crippen LogP contribution in [0, 0.1) is 5.41 Å². The quantitative estimate of drug-likeness (QED) is 0.606. The van der Waals surface area contributed by atoms with E-state index in [1.165, 1.54) is 16.2 Å². The Morgan fingerprint density at radius 1 is 1.16 bits per heavy atom. The van der Waals surface area contributed by atoms with Crippen molar-refractivity contribution in [1.82, 2.24) is 20.1 Å². The van der Waals surface area contributed by atoms with Crippen LogP contribution < -0.4 is 4.90 Å². The van der Waals surface area contributed by atoms with Gasteiger partial charge in [0.05, 0.1) is 12.2 Å². The predicted octanol–water partition coefficient (Wildman–Crippen LogP) is 4.29. The lowest BCUT2D eigenvalue weighted by atomic mass is 9.76. The SMILES string of the molecule is CCC(=O)N(C)CC(=O)N(CC)c1ccc2cc(-c3n[nH]c4c3CCC(C)(C)C4)[nH]c2c1. The second-order valence-corrected chi connectivity index (χ2v) is 9.57. The predicted molar refractivity (Wildman–Crippen MR) is 128 cm³/mol. The number of nitrogens with zero attached hydrogens (tertiary/aromatic N) is 3. The highest BCUT2D eigenvalue weighted by atomic mass is 16.2. The van der Waals surface area contributed by atoms with Gasteiger partial charge in [-0.05, 0) is 49.8 Å². The van der Waals surface area contributed by atoms with Gasteiger partial charge in [0.2, 0.25) is 11.8 Å². The zero-order valence-electron chi connectivity index (χ0n) is 19.7. The molecule has 2 N–H and O–H groups in total. The molecule has 1 aliphatic carbocycles. The maximum absolute atomic E-state index is 12.9. The molecule has 0 saturated carbocycles. The second-order valence-electron chi connectivity index (χ2n) is 9.57. The van der Waals surface area contributed by atoms with Gasteiger partial charge in [-0.2, -0.15) is 5.10 Å². The van der Waals surface area contributed by atoms with Crippen molar-refractivity contribution >= 4 is 28.4 Å². The summed E-state index contributed by atoms with van der Waals surface area (Å²) in [5.41, 5.74) is 6.64. The van der Waals surface area contributed by atoms with Crippen LogP contribution in [0.25, 0.3) is 22.3 Å². The van der Waals surface area contributed by atoms with Gasteiger partial charge in [0.15, 0.2) is 0 Å². The first-order valence-electron chi connectivity index (χ1n) is 11.5. The molecular formula is C25H33N5O2. The van der Waals surface area contributed by atoms with Crippen molar-refractivity contribution < 1.29 is 9.59 Å². The Kier molecular flexibility index (Phi) is 5.84. The van der Waals surface area contributed by atoms with Gasteiger partial charge in [0.25, 0.3) is 0 Å². The molecule has 0 aliphatic heterocycles. The number of carbonyl (C=O) groups is 2. The molecule has 3 aromatic rings. The third-order valence-electron chi connectivity index (χ3n) is 6.55. The summed E-state index contributed by atoms with van der Waals surface area (Å²) in [7, 11) is 1.67. The molecule has 0 radical (unpaired) electrons. The molecule has 0 bridgehead atoms. The molecular weight excluding hydrogens is 402 g/mol. The van der Waals surface area contributed by atoms with E-state index in [1.54, 1.807) is 18.9 Å². The monoisotopic (exact) mass is 435 g/mol. The number of aromatic nitrogens is 3. The number of rotatable bonds is 6. The molecule has 1 aliphatic rings. The van der Waals surface area contributed by atoms with Crippen molar-refractivity contribution in [2.75, 3.05) is 25.0 Å². The van der Waals surface area contributed by atoms with E-state index in [0.29, 0.717) is 18.4 Å². The highest BCUT2D eigenvalue weighted by Gasteiger charge is 2.29. The molecule has 0 unspecified atom stereocenters. The molecule has 0 fully saturated rings. The zero-order chi connectivity index (χ0) is 23.0. The van der Waals surface area contributed by atoms with Crippen molar-refractivity contribution in [3.05, 3.63) is 35.5 Å². The van der Waals surface area contributed by atoms with Gasteiger partial charge in [0.1, 0.15) is 5.69 Å². The highest BCUT2D eigenvalue weighted by Crippen LogP contribution is 2.38. The van der Waals surface area contributed by atoms with E-state index in [9.17, 15) is 9.59 Å². The summed E-state index contributed by atoms with van der Waals surface area (Å²) in [4.78, 5) is 31.4. The highest BCUT2D eigenvalue weighted by molar-refractivity contribution is 5.99. The van der Waals surface area contributed by atoms with Crippen molar-refractivity contribution in [1.29, 1.82) is 0 Å². The molecule has 170 valence electrons. The molecule has 7 nitrogen and oxygen atoms in total. The maximum Gasteiger partial charge on any atom is 0.246 e. The largest absolute Gasteiger partial charge is 0.353 e. The summed E-state index contributed by atoms with van der Waals surface area (Å²) >= 11 is 0. The maximum atomic E-state index is 12.9. The van der Waals surface area contributed by atoms with E-state index in [-0.39, 0.29) is 18.4 Å². The second kappa shape index (κ2) is 8.45. The number of carbonyl (C=O) groups excluding carboxylic acids is 2. The van der Waals surface area contributed by atoms with Gasteiger partial charge in [0, 0.05) is 47.9 Å². The number of likely N-dealkylation sites (N-methyl/N-ethyl adjacent to an activating group) is 2. The number of anilines is 1. The number of hydrogen-bond donors (Lipinski definition) is 2. The standard InChI is InChI=1S/C25H33N5O2/c1-6-22(31)29(5)15-23(32)30(7-2)17-9-8-16-12-20(26-19(16)13-17)24-18-10-11-25(3,4)14-21(18)27-28-24/h8-9,12-13,26H,6-7,10-11,14-15H2,1-5H3,(H,27,28).